The molecule has 0 saturated carbocycles. The fourth-order valence-electron chi connectivity index (χ4n) is 2.20. The minimum atomic E-state index is 0. The second-order valence-corrected chi connectivity index (χ2v) is 5.21. The van der Waals surface area contributed by atoms with Crippen LogP contribution in [0.5, 0.6) is 0 Å². The van der Waals surface area contributed by atoms with Crippen molar-refractivity contribution < 1.29 is 4.79 Å². The minimum Gasteiger partial charge on any atom is -0.352 e. The van der Waals surface area contributed by atoms with E-state index >= 15 is 0 Å². The summed E-state index contributed by atoms with van der Waals surface area (Å²) in [7, 11) is 0. The van der Waals surface area contributed by atoms with Crippen molar-refractivity contribution in [2.45, 2.75) is 40.0 Å². The van der Waals surface area contributed by atoms with E-state index in [0.717, 1.165) is 32.5 Å². The molecule has 0 aromatic rings. The fourth-order valence-corrected chi connectivity index (χ4v) is 2.20. The SMILES string of the molecule is CCC(CC(=O)NCC1=CCNCC1)C(C)C.Cl. The van der Waals surface area contributed by atoms with E-state index in [9.17, 15) is 4.79 Å². The van der Waals surface area contributed by atoms with Gasteiger partial charge in [0.1, 0.15) is 0 Å². The fraction of sp³-hybridized carbons (Fsp3) is 0.786. The highest BCUT2D eigenvalue weighted by Crippen LogP contribution is 2.18. The molecule has 1 aliphatic rings. The zero-order chi connectivity index (χ0) is 12.7. The standard InChI is InChI=1S/C14H26N2O.ClH/c1-4-13(11(2)3)9-14(17)16-10-12-5-7-15-8-6-12;/h5,11,13,15H,4,6-10H2,1-3H3,(H,16,17);1H. The molecule has 1 aliphatic heterocycles. The normalized spacial score (nSPS) is 16.8. The molecule has 106 valence electrons. The van der Waals surface area contributed by atoms with Crippen LogP contribution in [-0.4, -0.2) is 25.5 Å². The Morgan fingerprint density at radius 1 is 1.50 bits per heavy atom. The van der Waals surface area contributed by atoms with Crippen LogP contribution in [0.1, 0.15) is 40.0 Å². The first kappa shape index (κ1) is 17.5. The Kier molecular flexibility index (Phi) is 9.12. The molecule has 0 radical (unpaired) electrons. The second-order valence-electron chi connectivity index (χ2n) is 5.21. The molecule has 1 unspecified atom stereocenters. The Morgan fingerprint density at radius 2 is 2.22 bits per heavy atom. The van der Waals surface area contributed by atoms with Crippen molar-refractivity contribution in [3.05, 3.63) is 11.6 Å². The lowest BCUT2D eigenvalue weighted by Gasteiger charge is -2.19. The second kappa shape index (κ2) is 9.40. The van der Waals surface area contributed by atoms with Crippen LogP contribution in [0.4, 0.5) is 0 Å². The highest BCUT2D eigenvalue weighted by Gasteiger charge is 2.15. The molecule has 18 heavy (non-hydrogen) atoms. The molecule has 0 fully saturated rings. The third-order valence-corrected chi connectivity index (χ3v) is 3.59. The smallest absolute Gasteiger partial charge is 0.220 e. The Labute approximate surface area is 117 Å². The number of hydrogen-bond acceptors (Lipinski definition) is 2. The van der Waals surface area contributed by atoms with Crippen molar-refractivity contribution in [2.75, 3.05) is 19.6 Å². The molecule has 0 bridgehead atoms. The number of halogens is 1. The molecular weight excluding hydrogens is 248 g/mol. The summed E-state index contributed by atoms with van der Waals surface area (Å²) in [6, 6.07) is 0. The number of amides is 1. The van der Waals surface area contributed by atoms with E-state index in [4.69, 9.17) is 0 Å². The van der Waals surface area contributed by atoms with Gasteiger partial charge in [-0.1, -0.05) is 38.8 Å². The largest absolute Gasteiger partial charge is 0.352 e. The summed E-state index contributed by atoms with van der Waals surface area (Å²) < 4.78 is 0. The van der Waals surface area contributed by atoms with Gasteiger partial charge in [-0.25, -0.2) is 0 Å². The van der Waals surface area contributed by atoms with Crippen molar-refractivity contribution in [1.29, 1.82) is 0 Å². The van der Waals surface area contributed by atoms with Gasteiger partial charge in [0, 0.05) is 19.5 Å². The van der Waals surface area contributed by atoms with Gasteiger partial charge in [-0.15, -0.1) is 12.4 Å². The topological polar surface area (TPSA) is 41.1 Å². The number of carbonyl (C=O) groups is 1. The summed E-state index contributed by atoms with van der Waals surface area (Å²) >= 11 is 0. The van der Waals surface area contributed by atoms with Crippen LogP contribution in [-0.2, 0) is 4.79 Å². The summed E-state index contributed by atoms with van der Waals surface area (Å²) in [6.45, 7) is 9.25. The van der Waals surface area contributed by atoms with Gasteiger partial charge < -0.3 is 10.6 Å². The molecule has 3 nitrogen and oxygen atoms in total. The molecule has 1 amide bonds. The van der Waals surface area contributed by atoms with Gasteiger partial charge in [-0.3, -0.25) is 4.79 Å². The van der Waals surface area contributed by atoms with Gasteiger partial charge in [-0.2, -0.15) is 0 Å². The number of nitrogens with one attached hydrogen (secondary N) is 2. The van der Waals surface area contributed by atoms with Crippen LogP contribution in [0.2, 0.25) is 0 Å². The van der Waals surface area contributed by atoms with Gasteiger partial charge in [0.05, 0.1) is 0 Å². The third-order valence-electron chi connectivity index (χ3n) is 3.59. The van der Waals surface area contributed by atoms with E-state index in [1.165, 1.54) is 5.57 Å². The van der Waals surface area contributed by atoms with E-state index in [1.807, 2.05) is 0 Å². The first-order valence-electron chi connectivity index (χ1n) is 6.78. The van der Waals surface area contributed by atoms with Gasteiger partial charge in [0.25, 0.3) is 0 Å². The highest BCUT2D eigenvalue weighted by atomic mass is 35.5. The molecule has 4 heteroatoms. The van der Waals surface area contributed by atoms with Gasteiger partial charge in [0.2, 0.25) is 5.91 Å². The monoisotopic (exact) mass is 274 g/mol. The lowest BCUT2D eigenvalue weighted by atomic mass is 9.90. The summed E-state index contributed by atoms with van der Waals surface area (Å²) in [5.41, 5.74) is 1.36. The maximum Gasteiger partial charge on any atom is 0.220 e. The molecule has 0 spiro atoms. The highest BCUT2D eigenvalue weighted by molar-refractivity contribution is 5.85. The molecule has 0 aromatic heterocycles. The number of hydrogen-bond donors (Lipinski definition) is 2. The molecular formula is C14H27ClN2O. The Hall–Kier alpha value is -0.540. The molecule has 0 aromatic carbocycles. The van der Waals surface area contributed by atoms with Crippen LogP contribution >= 0.6 is 12.4 Å². The van der Waals surface area contributed by atoms with Crippen molar-refractivity contribution in [2.24, 2.45) is 11.8 Å². The van der Waals surface area contributed by atoms with Crippen molar-refractivity contribution in [3.8, 4) is 0 Å². The predicted molar refractivity (Wildman–Crippen MR) is 79.1 cm³/mol. The van der Waals surface area contributed by atoms with Crippen molar-refractivity contribution in [3.63, 3.8) is 0 Å². The molecule has 0 aliphatic carbocycles. The summed E-state index contributed by atoms with van der Waals surface area (Å²) in [5.74, 6) is 1.30. The van der Waals surface area contributed by atoms with Gasteiger partial charge >= 0.3 is 0 Å². The number of rotatable bonds is 6. The average molecular weight is 275 g/mol. The minimum absolute atomic E-state index is 0. The number of carbonyl (C=O) groups excluding carboxylic acids is 1. The first-order chi connectivity index (χ1) is 8.13. The Bertz CT molecular complexity index is 277. The maximum atomic E-state index is 11.8. The molecule has 1 rings (SSSR count). The van der Waals surface area contributed by atoms with E-state index in [0.29, 0.717) is 18.3 Å². The van der Waals surface area contributed by atoms with Crippen molar-refractivity contribution in [1.82, 2.24) is 10.6 Å². The molecule has 0 saturated heterocycles. The molecule has 1 atom stereocenters. The molecule has 2 N–H and O–H groups in total. The molecule has 1 heterocycles. The van der Waals surface area contributed by atoms with Crippen LogP contribution in [0.3, 0.4) is 0 Å². The van der Waals surface area contributed by atoms with Crippen LogP contribution in [0.25, 0.3) is 0 Å². The van der Waals surface area contributed by atoms with E-state index in [-0.39, 0.29) is 18.3 Å². The van der Waals surface area contributed by atoms with Crippen molar-refractivity contribution >= 4 is 18.3 Å². The Morgan fingerprint density at radius 3 is 2.72 bits per heavy atom. The predicted octanol–water partition coefficient (Wildman–Crippen LogP) is 2.52. The van der Waals surface area contributed by atoms with E-state index < -0.39 is 0 Å². The zero-order valence-electron chi connectivity index (χ0n) is 11.8. The van der Waals surface area contributed by atoms with Gasteiger partial charge in [-0.05, 0) is 24.8 Å². The van der Waals surface area contributed by atoms with E-state index in [2.05, 4.69) is 37.5 Å². The van der Waals surface area contributed by atoms with Crippen LogP contribution in [0.15, 0.2) is 11.6 Å². The Balaban J connectivity index is 0.00000289. The summed E-state index contributed by atoms with van der Waals surface area (Å²) in [4.78, 5) is 11.8. The quantitative estimate of drug-likeness (QED) is 0.731. The summed E-state index contributed by atoms with van der Waals surface area (Å²) in [6.07, 6.45) is 4.99. The van der Waals surface area contributed by atoms with Crippen LogP contribution in [0, 0.1) is 11.8 Å². The maximum absolute atomic E-state index is 11.8. The van der Waals surface area contributed by atoms with Gasteiger partial charge in [0.15, 0.2) is 0 Å². The lowest BCUT2D eigenvalue weighted by Crippen LogP contribution is -2.31. The van der Waals surface area contributed by atoms with E-state index in [1.54, 1.807) is 0 Å². The zero-order valence-corrected chi connectivity index (χ0v) is 12.6. The third kappa shape index (κ3) is 6.41. The van der Waals surface area contributed by atoms with Crippen LogP contribution < -0.4 is 10.6 Å². The first-order valence-corrected chi connectivity index (χ1v) is 6.78. The summed E-state index contributed by atoms with van der Waals surface area (Å²) in [5, 5.41) is 6.31. The lowest BCUT2D eigenvalue weighted by molar-refractivity contribution is -0.122. The average Bonchev–Trinajstić information content (AvgIpc) is 2.34.